The molecule has 0 atom stereocenters. The molecule has 1 aromatic carbocycles. The van der Waals surface area contributed by atoms with Gasteiger partial charge >= 0.3 is 0 Å². The summed E-state index contributed by atoms with van der Waals surface area (Å²) in [5.74, 6) is 1.20. The molecule has 0 bridgehead atoms. The lowest BCUT2D eigenvalue weighted by molar-refractivity contribution is -0.121. The second kappa shape index (κ2) is 8.20. The fraction of sp³-hybridized carbons (Fsp3) is 0.167. The van der Waals surface area contributed by atoms with Crippen molar-refractivity contribution in [2.24, 2.45) is 4.99 Å². The third-order valence-electron chi connectivity index (χ3n) is 3.54. The molecule has 26 heavy (non-hydrogen) atoms. The minimum atomic E-state index is -0.122. The predicted molar refractivity (Wildman–Crippen MR) is 106 cm³/mol. The van der Waals surface area contributed by atoms with E-state index in [0.29, 0.717) is 33.2 Å². The van der Waals surface area contributed by atoms with E-state index in [-0.39, 0.29) is 5.91 Å². The molecule has 8 heteroatoms. The zero-order chi connectivity index (χ0) is 18.5. The number of aliphatic imine (C=N–C) groups is 1. The van der Waals surface area contributed by atoms with Gasteiger partial charge < -0.3 is 9.47 Å². The van der Waals surface area contributed by atoms with Gasteiger partial charge in [-0.1, -0.05) is 6.08 Å². The minimum Gasteiger partial charge on any atom is -0.497 e. The van der Waals surface area contributed by atoms with E-state index in [9.17, 15) is 4.79 Å². The van der Waals surface area contributed by atoms with Gasteiger partial charge in [-0.25, -0.2) is 4.98 Å². The summed E-state index contributed by atoms with van der Waals surface area (Å²) in [6.07, 6.45) is 5.15. The number of ether oxygens (including phenoxy) is 2. The highest BCUT2D eigenvalue weighted by molar-refractivity contribution is 8.18. The van der Waals surface area contributed by atoms with E-state index in [1.807, 2.05) is 17.5 Å². The largest absolute Gasteiger partial charge is 0.497 e. The highest BCUT2D eigenvalue weighted by atomic mass is 32.2. The summed E-state index contributed by atoms with van der Waals surface area (Å²) in [6.45, 7) is 4.10. The standard InChI is InChI=1S/C18H17N3O3S2/c1-4-8-21-16(22)15(26-18(21)20-17-19-7-9-25-17)10-12-5-6-13(23-2)11-14(12)24-3/h4-7,9-11H,1,8H2,2-3H3/b15-10-,20-18+. The molecule has 0 unspecified atom stereocenters. The van der Waals surface area contributed by atoms with Crippen molar-refractivity contribution in [1.29, 1.82) is 0 Å². The fourth-order valence-corrected chi connectivity index (χ4v) is 3.86. The monoisotopic (exact) mass is 387 g/mol. The number of carbonyl (C=O) groups is 1. The molecule has 1 aliphatic heterocycles. The molecule has 3 rings (SSSR count). The number of rotatable bonds is 6. The Balaban J connectivity index is 1.96. The third-order valence-corrected chi connectivity index (χ3v) is 5.21. The number of nitrogens with zero attached hydrogens (tertiary/aromatic N) is 3. The smallest absolute Gasteiger partial charge is 0.267 e. The normalized spacial score (nSPS) is 17.2. The fourth-order valence-electron chi connectivity index (χ4n) is 2.31. The summed E-state index contributed by atoms with van der Waals surface area (Å²) < 4.78 is 10.6. The summed E-state index contributed by atoms with van der Waals surface area (Å²) in [6, 6.07) is 5.46. The number of methoxy groups -OCH3 is 2. The zero-order valence-corrected chi connectivity index (χ0v) is 16.0. The number of carbonyl (C=O) groups excluding carboxylic acids is 1. The first-order chi connectivity index (χ1) is 12.7. The Bertz CT molecular complexity index is 876. The van der Waals surface area contributed by atoms with Crippen LogP contribution in [0.4, 0.5) is 5.13 Å². The molecule has 1 saturated heterocycles. The molecule has 0 spiro atoms. The van der Waals surface area contributed by atoms with Crippen molar-refractivity contribution >= 4 is 45.4 Å². The molecule has 2 heterocycles. The van der Waals surface area contributed by atoms with Crippen molar-refractivity contribution in [2.45, 2.75) is 0 Å². The van der Waals surface area contributed by atoms with E-state index < -0.39 is 0 Å². The molecular weight excluding hydrogens is 370 g/mol. The van der Waals surface area contributed by atoms with E-state index in [1.54, 1.807) is 43.5 Å². The molecular formula is C18H17N3O3S2. The van der Waals surface area contributed by atoms with Gasteiger partial charge in [0.05, 0.1) is 19.1 Å². The van der Waals surface area contributed by atoms with Crippen molar-refractivity contribution in [3.05, 3.63) is 52.9 Å². The van der Waals surface area contributed by atoms with Gasteiger partial charge in [-0.15, -0.1) is 17.9 Å². The lowest BCUT2D eigenvalue weighted by Gasteiger charge is -2.11. The Kier molecular flexibility index (Phi) is 5.75. The number of aromatic nitrogens is 1. The van der Waals surface area contributed by atoms with Crippen molar-refractivity contribution in [3.8, 4) is 11.5 Å². The van der Waals surface area contributed by atoms with E-state index in [4.69, 9.17) is 9.47 Å². The Hall–Kier alpha value is -2.58. The number of thiazole rings is 1. The first-order valence-corrected chi connectivity index (χ1v) is 9.38. The molecule has 1 aliphatic rings. The topological polar surface area (TPSA) is 64.0 Å². The van der Waals surface area contributed by atoms with Crippen LogP contribution in [0.5, 0.6) is 11.5 Å². The summed E-state index contributed by atoms with van der Waals surface area (Å²) in [5.41, 5.74) is 0.790. The van der Waals surface area contributed by atoms with Crippen LogP contribution < -0.4 is 9.47 Å². The molecule has 0 N–H and O–H groups in total. The van der Waals surface area contributed by atoms with Crippen LogP contribution >= 0.6 is 23.1 Å². The van der Waals surface area contributed by atoms with Gasteiger partial charge in [0, 0.05) is 29.8 Å². The molecule has 0 saturated carbocycles. The number of thioether (sulfide) groups is 1. The van der Waals surface area contributed by atoms with Gasteiger partial charge in [0.2, 0.25) is 5.13 Å². The molecule has 6 nitrogen and oxygen atoms in total. The molecule has 0 aliphatic carbocycles. The summed E-state index contributed by atoms with van der Waals surface area (Å²) in [5, 5.41) is 3.04. The predicted octanol–water partition coefficient (Wildman–Crippen LogP) is 3.95. The van der Waals surface area contributed by atoms with Crippen LogP contribution in [0.1, 0.15) is 5.56 Å². The molecule has 1 amide bonds. The number of hydrogen-bond acceptors (Lipinski definition) is 7. The lowest BCUT2D eigenvalue weighted by atomic mass is 10.1. The van der Waals surface area contributed by atoms with Gasteiger partial charge in [0.1, 0.15) is 11.5 Å². The van der Waals surface area contributed by atoms with E-state index >= 15 is 0 Å². The Morgan fingerprint density at radius 3 is 2.85 bits per heavy atom. The van der Waals surface area contributed by atoms with Crippen LogP contribution in [0.25, 0.3) is 6.08 Å². The second-order valence-corrected chi connectivity index (χ2v) is 7.01. The van der Waals surface area contributed by atoms with Crippen LogP contribution in [0.15, 0.2) is 52.3 Å². The van der Waals surface area contributed by atoms with Gasteiger partial charge in [-0.05, 0) is 30.0 Å². The maximum Gasteiger partial charge on any atom is 0.267 e. The zero-order valence-electron chi connectivity index (χ0n) is 14.3. The number of amidine groups is 1. The Morgan fingerprint density at radius 2 is 2.19 bits per heavy atom. The number of amides is 1. The van der Waals surface area contributed by atoms with Crippen molar-refractivity contribution in [2.75, 3.05) is 20.8 Å². The first-order valence-electron chi connectivity index (χ1n) is 7.68. The molecule has 2 aromatic rings. The van der Waals surface area contributed by atoms with Crippen LogP contribution in [-0.4, -0.2) is 41.7 Å². The van der Waals surface area contributed by atoms with Crippen LogP contribution in [0, 0.1) is 0 Å². The Labute approximate surface area is 159 Å². The maximum absolute atomic E-state index is 12.8. The van der Waals surface area contributed by atoms with Gasteiger partial charge in [0.25, 0.3) is 5.91 Å². The second-order valence-electron chi connectivity index (χ2n) is 5.13. The van der Waals surface area contributed by atoms with Crippen LogP contribution in [0.2, 0.25) is 0 Å². The average molecular weight is 387 g/mol. The SMILES string of the molecule is C=CCN1C(=O)/C(=C/c2ccc(OC)cc2OC)S/C1=N/c1nccs1. The third kappa shape index (κ3) is 3.81. The van der Waals surface area contributed by atoms with Crippen LogP contribution in [-0.2, 0) is 4.79 Å². The summed E-state index contributed by atoms with van der Waals surface area (Å²) >= 11 is 2.73. The van der Waals surface area contributed by atoms with Gasteiger partial charge in [-0.3, -0.25) is 9.69 Å². The van der Waals surface area contributed by atoms with Crippen molar-refractivity contribution < 1.29 is 14.3 Å². The van der Waals surface area contributed by atoms with E-state index in [2.05, 4.69) is 16.6 Å². The van der Waals surface area contributed by atoms with Crippen molar-refractivity contribution in [1.82, 2.24) is 9.88 Å². The first kappa shape index (κ1) is 18.2. The molecule has 1 fully saturated rings. The Morgan fingerprint density at radius 1 is 1.35 bits per heavy atom. The quantitative estimate of drug-likeness (QED) is 0.555. The summed E-state index contributed by atoms with van der Waals surface area (Å²) in [7, 11) is 3.18. The highest BCUT2D eigenvalue weighted by Crippen LogP contribution is 2.36. The van der Waals surface area contributed by atoms with E-state index in [1.165, 1.54) is 23.1 Å². The summed E-state index contributed by atoms with van der Waals surface area (Å²) in [4.78, 5) is 23.6. The van der Waals surface area contributed by atoms with Gasteiger partial charge in [0.15, 0.2) is 5.17 Å². The number of hydrogen-bond donors (Lipinski definition) is 0. The molecule has 134 valence electrons. The molecule has 0 radical (unpaired) electrons. The minimum absolute atomic E-state index is 0.122. The van der Waals surface area contributed by atoms with E-state index in [0.717, 1.165) is 5.56 Å². The molecule has 1 aromatic heterocycles. The number of benzene rings is 1. The van der Waals surface area contributed by atoms with Crippen LogP contribution in [0.3, 0.4) is 0 Å². The van der Waals surface area contributed by atoms with Gasteiger partial charge in [-0.2, -0.15) is 4.99 Å². The average Bonchev–Trinajstić information content (AvgIpc) is 3.26. The lowest BCUT2D eigenvalue weighted by Crippen LogP contribution is -2.29. The highest BCUT2D eigenvalue weighted by Gasteiger charge is 2.33. The maximum atomic E-state index is 12.8. The van der Waals surface area contributed by atoms with Crippen molar-refractivity contribution in [3.63, 3.8) is 0 Å².